The Labute approximate surface area is 118 Å². The van der Waals surface area contributed by atoms with E-state index in [1.54, 1.807) is 0 Å². The molecule has 2 aromatic carbocycles. The molecular formula is C14H11Br2N. The van der Waals surface area contributed by atoms with Crippen molar-refractivity contribution in [1.29, 1.82) is 0 Å². The lowest BCUT2D eigenvalue weighted by Gasteiger charge is -2.09. The van der Waals surface area contributed by atoms with Crippen molar-refractivity contribution in [3.8, 4) is 0 Å². The van der Waals surface area contributed by atoms with Gasteiger partial charge in [0.2, 0.25) is 0 Å². The van der Waals surface area contributed by atoms with Gasteiger partial charge in [0, 0.05) is 11.4 Å². The molecule has 0 amide bonds. The normalized spacial score (nSPS) is 9.76. The van der Waals surface area contributed by atoms with Crippen LogP contribution < -0.4 is 5.32 Å². The summed E-state index contributed by atoms with van der Waals surface area (Å²) in [6, 6.07) is 18.3. The van der Waals surface area contributed by atoms with E-state index in [9.17, 15) is 0 Å². The summed E-state index contributed by atoms with van der Waals surface area (Å²) in [7, 11) is 0. The number of para-hydroxylation sites is 2. The first-order valence-electron chi connectivity index (χ1n) is 5.19. The summed E-state index contributed by atoms with van der Waals surface area (Å²) in [5, 5.41) is 3.39. The fraction of sp³-hybridized carbons (Fsp3) is 0. The molecule has 0 fully saturated rings. The molecule has 1 nitrogen and oxygen atoms in total. The van der Waals surface area contributed by atoms with E-state index in [4.69, 9.17) is 0 Å². The SMILES string of the molecule is BrC(Br)=Cc1ccccc1Nc1ccccc1. The Morgan fingerprint density at radius 3 is 2.24 bits per heavy atom. The standard InChI is InChI=1S/C14H11Br2N/c15-14(16)10-11-6-4-5-9-13(11)17-12-7-2-1-3-8-12/h1-10,17H. The third kappa shape index (κ3) is 3.72. The van der Waals surface area contributed by atoms with Gasteiger partial charge < -0.3 is 5.32 Å². The van der Waals surface area contributed by atoms with Gasteiger partial charge in [-0.3, -0.25) is 0 Å². The van der Waals surface area contributed by atoms with Crippen molar-refractivity contribution in [1.82, 2.24) is 0 Å². The number of halogens is 2. The molecule has 0 aliphatic carbocycles. The Hall–Kier alpha value is -1.06. The predicted octanol–water partition coefficient (Wildman–Crippen LogP) is 5.52. The Balaban J connectivity index is 2.30. The van der Waals surface area contributed by atoms with E-state index in [1.807, 2.05) is 48.5 Å². The highest BCUT2D eigenvalue weighted by Crippen LogP contribution is 2.25. The summed E-state index contributed by atoms with van der Waals surface area (Å²) < 4.78 is 0.923. The van der Waals surface area contributed by atoms with Crippen molar-refractivity contribution in [3.63, 3.8) is 0 Å². The minimum absolute atomic E-state index is 0.923. The summed E-state index contributed by atoms with van der Waals surface area (Å²) in [6.45, 7) is 0. The zero-order valence-corrected chi connectivity index (χ0v) is 12.2. The summed E-state index contributed by atoms with van der Waals surface area (Å²) in [5.74, 6) is 0. The molecule has 0 aromatic heterocycles. The first-order valence-corrected chi connectivity index (χ1v) is 6.78. The second kappa shape index (κ2) is 6.03. The van der Waals surface area contributed by atoms with Crippen molar-refractivity contribution in [3.05, 3.63) is 63.6 Å². The van der Waals surface area contributed by atoms with E-state index in [0.29, 0.717) is 0 Å². The van der Waals surface area contributed by atoms with Gasteiger partial charge in [-0.15, -0.1) is 0 Å². The third-order valence-corrected chi connectivity index (χ3v) is 2.74. The van der Waals surface area contributed by atoms with Crippen LogP contribution in [0.4, 0.5) is 11.4 Å². The summed E-state index contributed by atoms with van der Waals surface area (Å²) in [4.78, 5) is 0. The first kappa shape index (κ1) is 12.4. The summed E-state index contributed by atoms with van der Waals surface area (Å²) in [6.07, 6.45) is 2.02. The van der Waals surface area contributed by atoms with Gasteiger partial charge in [-0.05, 0) is 61.7 Å². The molecule has 0 saturated heterocycles. The monoisotopic (exact) mass is 351 g/mol. The Morgan fingerprint density at radius 1 is 0.882 bits per heavy atom. The second-order valence-corrected chi connectivity index (χ2v) is 6.29. The largest absolute Gasteiger partial charge is 0.355 e. The van der Waals surface area contributed by atoms with Gasteiger partial charge in [0.05, 0.1) is 3.39 Å². The lowest BCUT2D eigenvalue weighted by Crippen LogP contribution is -1.92. The van der Waals surface area contributed by atoms with E-state index in [2.05, 4.69) is 49.3 Å². The number of hydrogen-bond acceptors (Lipinski definition) is 1. The molecule has 86 valence electrons. The van der Waals surface area contributed by atoms with Crippen LogP contribution in [-0.2, 0) is 0 Å². The maximum absolute atomic E-state index is 3.39. The van der Waals surface area contributed by atoms with Gasteiger partial charge in [-0.2, -0.15) is 0 Å². The highest BCUT2D eigenvalue weighted by atomic mass is 79.9. The van der Waals surface area contributed by atoms with Crippen LogP contribution in [-0.4, -0.2) is 0 Å². The van der Waals surface area contributed by atoms with Gasteiger partial charge in [0.25, 0.3) is 0 Å². The fourth-order valence-electron chi connectivity index (χ4n) is 1.53. The van der Waals surface area contributed by atoms with E-state index >= 15 is 0 Å². The molecule has 2 rings (SSSR count). The molecule has 17 heavy (non-hydrogen) atoms. The predicted molar refractivity (Wildman–Crippen MR) is 82.0 cm³/mol. The van der Waals surface area contributed by atoms with Crippen LogP contribution in [0, 0.1) is 0 Å². The molecule has 0 heterocycles. The van der Waals surface area contributed by atoms with Crippen LogP contribution in [0.1, 0.15) is 5.56 Å². The van der Waals surface area contributed by atoms with Crippen molar-refractivity contribution >= 4 is 49.3 Å². The molecule has 1 N–H and O–H groups in total. The molecule has 0 unspecified atom stereocenters. The van der Waals surface area contributed by atoms with Crippen molar-refractivity contribution in [2.75, 3.05) is 5.32 Å². The zero-order valence-electron chi connectivity index (χ0n) is 9.03. The van der Waals surface area contributed by atoms with E-state index in [1.165, 1.54) is 0 Å². The summed E-state index contributed by atoms with van der Waals surface area (Å²) in [5.41, 5.74) is 3.29. The number of anilines is 2. The highest BCUT2D eigenvalue weighted by Gasteiger charge is 1.99. The molecular weight excluding hydrogens is 342 g/mol. The lowest BCUT2D eigenvalue weighted by molar-refractivity contribution is 1.53. The van der Waals surface area contributed by atoms with E-state index < -0.39 is 0 Å². The number of nitrogens with one attached hydrogen (secondary N) is 1. The minimum Gasteiger partial charge on any atom is -0.355 e. The minimum atomic E-state index is 0.923. The van der Waals surface area contributed by atoms with Crippen LogP contribution in [0.25, 0.3) is 6.08 Å². The average molecular weight is 353 g/mol. The molecule has 0 aliphatic rings. The molecule has 2 aromatic rings. The third-order valence-electron chi connectivity index (χ3n) is 2.28. The van der Waals surface area contributed by atoms with Crippen LogP contribution in [0.15, 0.2) is 58.0 Å². The quantitative estimate of drug-likeness (QED) is 0.766. The second-order valence-electron chi connectivity index (χ2n) is 3.51. The molecule has 0 atom stereocenters. The molecule has 0 spiro atoms. The Kier molecular flexibility index (Phi) is 4.40. The number of rotatable bonds is 3. The molecule has 3 heteroatoms. The van der Waals surface area contributed by atoms with Crippen LogP contribution in [0.3, 0.4) is 0 Å². The lowest BCUT2D eigenvalue weighted by atomic mass is 10.1. The van der Waals surface area contributed by atoms with Gasteiger partial charge in [-0.25, -0.2) is 0 Å². The van der Waals surface area contributed by atoms with Gasteiger partial charge in [0.15, 0.2) is 0 Å². The summed E-state index contributed by atoms with van der Waals surface area (Å²) >= 11 is 6.76. The molecule has 0 bridgehead atoms. The maximum atomic E-state index is 3.39. The van der Waals surface area contributed by atoms with Crippen molar-refractivity contribution in [2.24, 2.45) is 0 Å². The van der Waals surface area contributed by atoms with Crippen LogP contribution >= 0.6 is 31.9 Å². The van der Waals surface area contributed by atoms with Gasteiger partial charge in [-0.1, -0.05) is 36.4 Å². The molecule has 0 saturated carbocycles. The number of hydrogen-bond donors (Lipinski definition) is 1. The fourth-order valence-corrected chi connectivity index (χ4v) is 2.02. The van der Waals surface area contributed by atoms with Crippen molar-refractivity contribution in [2.45, 2.75) is 0 Å². The number of benzene rings is 2. The van der Waals surface area contributed by atoms with E-state index in [0.717, 1.165) is 20.3 Å². The molecule has 0 radical (unpaired) electrons. The van der Waals surface area contributed by atoms with E-state index in [-0.39, 0.29) is 0 Å². The Morgan fingerprint density at radius 2 is 1.53 bits per heavy atom. The molecule has 0 aliphatic heterocycles. The topological polar surface area (TPSA) is 12.0 Å². The first-order chi connectivity index (χ1) is 8.25. The maximum Gasteiger partial charge on any atom is 0.0610 e. The van der Waals surface area contributed by atoms with Crippen LogP contribution in [0.5, 0.6) is 0 Å². The highest BCUT2D eigenvalue weighted by molar-refractivity contribution is 9.28. The van der Waals surface area contributed by atoms with Gasteiger partial charge in [0.1, 0.15) is 0 Å². The van der Waals surface area contributed by atoms with Crippen molar-refractivity contribution < 1.29 is 0 Å². The average Bonchev–Trinajstić information content (AvgIpc) is 2.32. The van der Waals surface area contributed by atoms with Gasteiger partial charge >= 0.3 is 0 Å². The van der Waals surface area contributed by atoms with Crippen LogP contribution in [0.2, 0.25) is 0 Å². The Bertz CT molecular complexity index is 517. The zero-order chi connectivity index (χ0) is 12.1. The smallest absolute Gasteiger partial charge is 0.0610 e.